The zero-order valence-electron chi connectivity index (χ0n) is 59.1. The van der Waals surface area contributed by atoms with Crippen molar-refractivity contribution in [3.63, 3.8) is 0 Å². The number of fused-ring (bicyclic) bond motifs is 4. The molecule has 0 aliphatic heterocycles. The first-order valence-electron chi connectivity index (χ1n) is 35.1. The fourth-order valence-electron chi connectivity index (χ4n) is 15.5. The van der Waals surface area contributed by atoms with E-state index >= 15 is 0 Å². The van der Waals surface area contributed by atoms with E-state index in [1.165, 1.54) is 134 Å². The predicted molar refractivity (Wildman–Crippen MR) is 450 cm³/mol. The molecule has 0 atom stereocenters. The maximum atomic E-state index is 9.05. The molecule has 0 radical (unpaired) electrons. The van der Waals surface area contributed by atoms with Crippen molar-refractivity contribution in [1.82, 2.24) is 0 Å². The van der Waals surface area contributed by atoms with E-state index in [-0.39, 0.29) is 21.7 Å². The largest absolute Gasteiger partial charge is 0.488 e. The molecule has 0 heterocycles. The SMILES string of the molecule is CC1(C)c2cc(-c3cccc(-c4ccccc4)c3)c(-c3cccc(-c4ccccc4)c3)cc2C(C)(C)c2cc(-c3cccc(-c4ccccc4)c3)c(-c3cccc(-c4ccccc4)c3)cc21.CC1(C)c2cc(Br)c(Br)cc2C(C)(C)c2cc(Br)c(Br)cc21.OB(O)c1cccc(-c2ccccc2)c1. The summed E-state index contributed by atoms with van der Waals surface area (Å²) >= 11 is 14.7. The van der Waals surface area contributed by atoms with Crippen LogP contribution in [0.2, 0.25) is 0 Å². The molecular weight excluding hydrogens is 1520 g/mol. The van der Waals surface area contributed by atoms with Gasteiger partial charge in [-0.1, -0.05) is 304 Å². The van der Waals surface area contributed by atoms with Gasteiger partial charge in [0.1, 0.15) is 0 Å². The van der Waals surface area contributed by atoms with E-state index in [4.69, 9.17) is 10.0 Å². The first-order valence-corrected chi connectivity index (χ1v) is 38.3. The molecule has 16 rings (SSSR count). The lowest BCUT2D eigenvalue weighted by atomic mass is 9.58. The number of benzene rings is 14. The Labute approximate surface area is 642 Å². The Bertz CT molecular complexity index is 4870. The van der Waals surface area contributed by atoms with Crippen LogP contribution in [-0.2, 0) is 21.7 Å². The van der Waals surface area contributed by atoms with Crippen LogP contribution in [0.3, 0.4) is 0 Å². The molecule has 2 N–H and O–H groups in total. The van der Waals surface area contributed by atoms with Crippen LogP contribution in [0.1, 0.15) is 99.9 Å². The molecule has 0 saturated heterocycles. The summed E-state index contributed by atoms with van der Waals surface area (Å²) < 4.78 is 4.43. The van der Waals surface area contributed by atoms with Gasteiger partial charge in [-0.15, -0.1) is 0 Å². The van der Waals surface area contributed by atoms with E-state index in [1.807, 2.05) is 42.5 Å². The highest BCUT2D eigenvalue weighted by molar-refractivity contribution is 9.13. The number of halogens is 4. The molecule has 0 saturated carbocycles. The molecule has 0 unspecified atom stereocenters. The number of hydrogen-bond acceptors (Lipinski definition) is 2. The number of hydrogen-bond donors (Lipinski definition) is 2. The minimum absolute atomic E-state index is 0.0351. The van der Waals surface area contributed by atoms with E-state index in [0.29, 0.717) is 5.46 Å². The third kappa shape index (κ3) is 14.2. The second-order valence-corrected chi connectivity index (χ2v) is 32.6. The first kappa shape index (κ1) is 71.0. The molecule has 14 aromatic rings. The highest BCUT2D eigenvalue weighted by Gasteiger charge is 2.45. The van der Waals surface area contributed by atoms with Crippen molar-refractivity contribution in [2.75, 3.05) is 0 Å². The van der Waals surface area contributed by atoms with Gasteiger partial charge in [-0.05, 0) is 287 Å². The third-order valence-electron chi connectivity index (χ3n) is 21.2. The Morgan fingerprint density at radius 3 is 0.583 bits per heavy atom. The fourth-order valence-corrected chi connectivity index (χ4v) is 16.8. The predicted octanol–water partition coefficient (Wildman–Crippen LogP) is 26.7. The smallest absolute Gasteiger partial charge is 0.423 e. The van der Waals surface area contributed by atoms with Gasteiger partial charge in [0.2, 0.25) is 0 Å². The summed E-state index contributed by atoms with van der Waals surface area (Å²) in [6, 6.07) is 116. The second-order valence-electron chi connectivity index (χ2n) is 29.2. The summed E-state index contributed by atoms with van der Waals surface area (Å²) in [7, 11) is -1.41. The quantitative estimate of drug-likeness (QED) is 0.134. The van der Waals surface area contributed by atoms with Gasteiger partial charge >= 0.3 is 7.12 Å². The Hall–Kier alpha value is -9.02. The second kappa shape index (κ2) is 29.3. The van der Waals surface area contributed by atoms with Gasteiger partial charge in [0.25, 0.3) is 0 Å². The monoisotopic (exact) mass is 1590 g/mol. The highest BCUT2D eigenvalue weighted by atomic mass is 79.9. The molecular formula is C96H79BBr4O2. The van der Waals surface area contributed by atoms with Gasteiger partial charge in [-0.3, -0.25) is 0 Å². The van der Waals surface area contributed by atoms with Crippen molar-refractivity contribution in [2.45, 2.75) is 77.0 Å². The molecule has 2 nitrogen and oxygen atoms in total. The van der Waals surface area contributed by atoms with Crippen LogP contribution in [-0.4, -0.2) is 17.2 Å². The molecule has 0 aromatic heterocycles. The molecule has 14 aromatic carbocycles. The van der Waals surface area contributed by atoms with E-state index in [0.717, 1.165) is 29.0 Å². The Balaban J connectivity index is 0.000000196. The summed E-state index contributed by atoms with van der Waals surface area (Å²) in [6.07, 6.45) is 0. The van der Waals surface area contributed by atoms with E-state index in [1.54, 1.807) is 12.1 Å². The van der Waals surface area contributed by atoms with Gasteiger partial charge < -0.3 is 10.0 Å². The molecule has 0 amide bonds. The van der Waals surface area contributed by atoms with Crippen molar-refractivity contribution in [2.24, 2.45) is 0 Å². The van der Waals surface area contributed by atoms with Crippen molar-refractivity contribution in [3.05, 3.63) is 384 Å². The minimum atomic E-state index is -1.41. The summed E-state index contributed by atoms with van der Waals surface area (Å²) in [4.78, 5) is 0. The van der Waals surface area contributed by atoms with Gasteiger partial charge in [-0.25, -0.2) is 0 Å². The van der Waals surface area contributed by atoms with Crippen molar-refractivity contribution in [1.29, 1.82) is 0 Å². The minimum Gasteiger partial charge on any atom is -0.423 e. The first-order chi connectivity index (χ1) is 49.6. The van der Waals surface area contributed by atoms with Crippen LogP contribution in [0.15, 0.2) is 339 Å². The maximum Gasteiger partial charge on any atom is 0.488 e. The molecule has 0 fully saturated rings. The summed E-state index contributed by atoms with van der Waals surface area (Å²) in [5.74, 6) is 0. The van der Waals surface area contributed by atoms with Crippen LogP contribution in [0.5, 0.6) is 0 Å². The molecule has 7 heteroatoms. The van der Waals surface area contributed by atoms with E-state index in [9.17, 15) is 0 Å². The van der Waals surface area contributed by atoms with Crippen molar-refractivity contribution < 1.29 is 10.0 Å². The fraction of sp³-hybridized carbons (Fsp3) is 0.125. The molecule has 0 spiro atoms. The van der Waals surface area contributed by atoms with Crippen LogP contribution in [0.25, 0.3) is 100 Å². The summed E-state index contributed by atoms with van der Waals surface area (Å²) in [5.41, 5.74) is 32.4. The van der Waals surface area contributed by atoms with Crippen molar-refractivity contribution >= 4 is 76.3 Å². The molecule has 2 aliphatic rings. The zero-order chi connectivity index (χ0) is 72.0. The molecule has 506 valence electrons. The van der Waals surface area contributed by atoms with Gasteiger partial charge in [0.05, 0.1) is 0 Å². The Kier molecular flexibility index (Phi) is 20.2. The van der Waals surface area contributed by atoms with Gasteiger partial charge in [0.15, 0.2) is 0 Å². The van der Waals surface area contributed by atoms with Crippen LogP contribution in [0.4, 0.5) is 0 Å². The molecule has 0 bridgehead atoms. The Morgan fingerprint density at radius 1 is 0.194 bits per heavy atom. The maximum absolute atomic E-state index is 9.05. The Morgan fingerprint density at radius 2 is 0.369 bits per heavy atom. The average Bonchev–Trinajstić information content (AvgIpc) is 0.707. The normalized spacial score (nSPS) is 13.8. The lowest BCUT2D eigenvalue weighted by Crippen LogP contribution is -2.37. The van der Waals surface area contributed by atoms with E-state index in [2.05, 4.69) is 386 Å². The standard InChI is InChI=1S/C66H52.C18H16Br4.C12H11BO2/c1-65(2)61-41-57(53-33-17-29-49(37-53)45-21-9-5-10-22-45)59(55-35-19-31-51(39-55)47-25-13-7-14-26-47)43-63(61)66(3,4)64-44-60(56-36-20-32-52(40-56)48-27-15-8-16-28-48)58(42-62(64)65)54-34-18-30-50(38-54)46-23-11-6-12-24-46;1-17(2)9-5-13(19)15(21)7-11(9)18(3,4)12-8-16(22)14(20)6-10(12)17;14-13(15)12-8-4-7-11(9-12)10-5-2-1-3-6-10/h5-44H,1-4H3;5-8H,1-4H3;1-9,14-15H. The van der Waals surface area contributed by atoms with E-state index < -0.39 is 7.12 Å². The van der Waals surface area contributed by atoms with Gasteiger partial charge in [0, 0.05) is 39.6 Å². The number of rotatable bonds is 10. The summed E-state index contributed by atoms with van der Waals surface area (Å²) in [6.45, 7) is 19.0. The summed E-state index contributed by atoms with van der Waals surface area (Å²) in [5, 5.41) is 18.1. The van der Waals surface area contributed by atoms with Crippen molar-refractivity contribution in [3.8, 4) is 100 Å². The lowest BCUT2D eigenvalue weighted by molar-refractivity contribution is 0.426. The molecule has 2 aliphatic carbocycles. The van der Waals surface area contributed by atoms with Gasteiger partial charge in [-0.2, -0.15) is 0 Å². The third-order valence-corrected chi connectivity index (χ3v) is 24.9. The lowest BCUT2D eigenvalue weighted by Gasteiger charge is -2.45. The van der Waals surface area contributed by atoms with Crippen LogP contribution >= 0.6 is 63.7 Å². The topological polar surface area (TPSA) is 40.5 Å². The van der Waals surface area contributed by atoms with Crippen LogP contribution < -0.4 is 5.46 Å². The van der Waals surface area contributed by atoms with Crippen LogP contribution in [0, 0.1) is 0 Å². The average molecular weight is 1600 g/mol. The zero-order valence-corrected chi connectivity index (χ0v) is 65.4. The molecule has 103 heavy (non-hydrogen) atoms. The highest BCUT2D eigenvalue weighted by Crippen LogP contribution is 2.56.